The number of alkyl halides is 1. The van der Waals surface area contributed by atoms with Crippen molar-refractivity contribution in [3.05, 3.63) is 67.8 Å². The van der Waals surface area contributed by atoms with Crippen molar-refractivity contribution in [2.45, 2.75) is 40.8 Å². The van der Waals surface area contributed by atoms with Gasteiger partial charge in [-0.1, -0.05) is 12.1 Å². The van der Waals surface area contributed by atoms with E-state index in [1.807, 2.05) is 6.92 Å². The molecular formula is C20H18ClN3O6S. The number of nitrogens with one attached hydrogen (secondary N) is 1. The quantitative estimate of drug-likeness (QED) is 0.363. The van der Waals surface area contributed by atoms with Crippen LogP contribution >= 0.6 is 23.4 Å². The second kappa shape index (κ2) is 8.01. The van der Waals surface area contributed by atoms with Gasteiger partial charge in [0.05, 0.1) is 36.9 Å². The summed E-state index contributed by atoms with van der Waals surface area (Å²) in [5.74, 6) is -1.72. The number of carbonyl (C=O) groups is 1. The fourth-order valence-electron chi connectivity index (χ4n) is 4.66. The second-order valence-electron chi connectivity index (χ2n) is 7.67. The summed E-state index contributed by atoms with van der Waals surface area (Å²) in [6, 6.07) is 8.67. The van der Waals surface area contributed by atoms with Gasteiger partial charge < -0.3 is 10.4 Å². The van der Waals surface area contributed by atoms with Crippen LogP contribution < -0.4 is 5.32 Å². The molecule has 11 heteroatoms. The van der Waals surface area contributed by atoms with E-state index in [4.69, 9.17) is 11.6 Å². The van der Waals surface area contributed by atoms with Gasteiger partial charge in [0, 0.05) is 29.3 Å². The number of rotatable bonds is 5. The van der Waals surface area contributed by atoms with E-state index in [0.29, 0.717) is 16.9 Å². The summed E-state index contributed by atoms with van der Waals surface area (Å²) in [6.07, 6.45) is 0.581. The maximum absolute atomic E-state index is 11.7. The van der Waals surface area contributed by atoms with Crippen LogP contribution in [0.1, 0.15) is 35.2 Å². The van der Waals surface area contributed by atoms with Crippen molar-refractivity contribution in [1.82, 2.24) is 0 Å². The van der Waals surface area contributed by atoms with Gasteiger partial charge in [-0.25, -0.2) is 4.79 Å². The molecule has 0 saturated heterocycles. The smallest absolute Gasteiger partial charge is 0.337 e. The predicted octanol–water partition coefficient (Wildman–Crippen LogP) is 4.89. The zero-order valence-electron chi connectivity index (χ0n) is 16.2. The Labute approximate surface area is 186 Å². The third kappa shape index (κ3) is 3.59. The number of para-hydroxylation sites is 1. The molecule has 1 aliphatic heterocycles. The summed E-state index contributed by atoms with van der Waals surface area (Å²) in [7, 11) is 0. The van der Waals surface area contributed by atoms with Crippen molar-refractivity contribution in [2.24, 2.45) is 5.92 Å². The lowest BCUT2D eigenvalue weighted by Gasteiger charge is -2.36. The summed E-state index contributed by atoms with van der Waals surface area (Å²) < 4.78 is 0. The van der Waals surface area contributed by atoms with Crippen molar-refractivity contribution in [1.29, 1.82) is 0 Å². The van der Waals surface area contributed by atoms with Crippen molar-refractivity contribution >= 4 is 46.4 Å². The number of halogens is 1. The van der Waals surface area contributed by atoms with Gasteiger partial charge in [0.2, 0.25) is 0 Å². The van der Waals surface area contributed by atoms with Gasteiger partial charge >= 0.3 is 5.97 Å². The first-order valence-corrected chi connectivity index (χ1v) is 10.9. The van der Waals surface area contributed by atoms with Crippen LogP contribution in [0.3, 0.4) is 0 Å². The number of anilines is 1. The van der Waals surface area contributed by atoms with E-state index in [9.17, 15) is 30.1 Å². The topological polar surface area (TPSA) is 136 Å². The van der Waals surface area contributed by atoms with Crippen LogP contribution in [0.15, 0.2) is 41.3 Å². The highest BCUT2D eigenvalue weighted by atomic mass is 35.5. The molecule has 2 N–H and O–H groups in total. The number of benzene rings is 2. The van der Waals surface area contributed by atoms with E-state index in [1.165, 1.54) is 30.0 Å². The number of hydrogen-bond acceptors (Lipinski definition) is 7. The maximum atomic E-state index is 11.7. The minimum Gasteiger partial charge on any atom is -0.478 e. The van der Waals surface area contributed by atoms with Crippen LogP contribution in [0.2, 0.25) is 0 Å². The molecule has 1 heterocycles. The molecule has 0 spiro atoms. The highest BCUT2D eigenvalue weighted by Gasteiger charge is 2.52. The van der Waals surface area contributed by atoms with E-state index in [0.717, 1.165) is 0 Å². The van der Waals surface area contributed by atoms with E-state index in [1.54, 1.807) is 18.2 Å². The van der Waals surface area contributed by atoms with E-state index < -0.39 is 27.1 Å². The SMILES string of the molecule is C[C@@H]1Nc2c(C(=O)O)ccc([N+](=O)[O-])c2[C@@H]2[C@H](Cl)[C@H](Sc3ccccc3[N+](=O)[O-])C[C@@H]21. The number of nitro groups is 2. The van der Waals surface area contributed by atoms with E-state index >= 15 is 0 Å². The monoisotopic (exact) mass is 463 g/mol. The van der Waals surface area contributed by atoms with Gasteiger partial charge in [0.25, 0.3) is 11.4 Å². The molecule has 1 saturated carbocycles. The molecular weight excluding hydrogens is 446 g/mol. The first-order chi connectivity index (χ1) is 14.7. The molecule has 2 aliphatic rings. The number of carboxylic acids is 1. The first-order valence-electron chi connectivity index (χ1n) is 9.56. The number of thioether (sulfide) groups is 1. The van der Waals surface area contributed by atoms with Gasteiger partial charge in [0.15, 0.2) is 0 Å². The summed E-state index contributed by atoms with van der Waals surface area (Å²) >= 11 is 8.14. The number of fused-ring (bicyclic) bond motifs is 3. The van der Waals surface area contributed by atoms with Crippen LogP contribution in [0.4, 0.5) is 17.1 Å². The standard InChI is InChI=1S/C20H18ClN3O6S/c1-9-11-8-15(31-14-5-3-2-4-12(14)23(27)28)18(21)16(11)17-13(24(29)30)7-6-10(20(25)26)19(17)22-9/h2-7,9,11,15-16,18,22H,8H2,1H3,(H,25,26)/t9-,11+,15+,16+,18+/m0/s1. The molecule has 0 radical (unpaired) electrons. The Morgan fingerprint density at radius 1 is 1.16 bits per heavy atom. The van der Waals surface area contributed by atoms with Crippen molar-refractivity contribution in [3.63, 3.8) is 0 Å². The third-order valence-corrected chi connectivity index (χ3v) is 8.11. The molecule has 31 heavy (non-hydrogen) atoms. The first kappa shape index (κ1) is 21.4. The van der Waals surface area contributed by atoms with Crippen molar-refractivity contribution in [2.75, 3.05) is 5.32 Å². The summed E-state index contributed by atoms with van der Waals surface area (Å²) in [4.78, 5) is 34.4. The molecule has 0 aromatic heterocycles. The van der Waals surface area contributed by atoms with Gasteiger partial charge in [-0.2, -0.15) is 0 Å². The predicted molar refractivity (Wildman–Crippen MR) is 116 cm³/mol. The number of nitro benzene ring substituents is 2. The zero-order valence-corrected chi connectivity index (χ0v) is 17.8. The number of nitrogens with zero attached hydrogens (tertiary/aromatic N) is 2. The van der Waals surface area contributed by atoms with Crippen LogP contribution in [0.5, 0.6) is 0 Å². The lowest BCUT2D eigenvalue weighted by molar-refractivity contribution is -0.387. The van der Waals surface area contributed by atoms with Gasteiger partial charge in [0.1, 0.15) is 0 Å². The van der Waals surface area contributed by atoms with Crippen LogP contribution in [0, 0.1) is 26.1 Å². The Morgan fingerprint density at radius 2 is 1.84 bits per heavy atom. The van der Waals surface area contributed by atoms with Gasteiger partial charge in [-0.05, 0) is 31.4 Å². The molecule has 0 unspecified atom stereocenters. The van der Waals surface area contributed by atoms with Gasteiger partial charge in [-0.15, -0.1) is 23.4 Å². The molecule has 2 aromatic carbocycles. The Bertz CT molecular complexity index is 1100. The van der Waals surface area contributed by atoms with Crippen molar-refractivity contribution in [3.8, 4) is 0 Å². The van der Waals surface area contributed by atoms with Crippen LogP contribution in [-0.2, 0) is 0 Å². The Balaban J connectivity index is 1.77. The van der Waals surface area contributed by atoms with E-state index in [-0.39, 0.29) is 39.8 Å². The Kier molecular flexibility index (Phi) is 5.52. The largest absolute Gasteiger partial charge is 0.478 e. The lowest BCUT2D eigenvalue weighted by atomic mass is 9.78. The summed E-state index contributed by atoms with van der Waals surface area (Å²) in [6.45, 7) is 1.90. The van der Waals surface area contributed by atoms with Gasteiger partial charge in [-0.3, -0.25) is 20.2 Å². The second-order valence-corrected chi connectivity index (χ2v) is 9.45. The average molecular weight is 464 g/mol. The van der Waals surface area contributed by atoms with Crippen LogP contribution in [0.25, 0.3) is 0 Å². The number of hydrogen-bond donors (Lipinski definition) is 2. The summed E-state index contributed by atoms with van der Waals surface area (Å²) in [5.41, 5.74) is 0.314. The molecule has 2 aromatic rings. The minimum atomic E-state index is -1.18. The van der Waals surface area contributed by atoms with Crippen molar-refractivity contribution < 1.29 is 19.7 Å². The highest BCUT2D eigenvalue weighted by molar-refractivity contribution is 8.00. The zero-order chi connectivity index (χ0) is 22.4. The molecule has 162 valence electrons. The Hall–Kier alpha value is -2.85. The molecule has 0 bridgehead atoms. The molecule has 0 amide bonds. The molecule has 9 nitrogen and oxygen atoms in total. The lowest BCUT2D eigenvalue weighted by Crippen LogP contribution is -2.36. The Morgan fingerprint density at radius 3 is 2.48 bits per heavy atom. The average Bonchev–Trinajstić information content (AvgIpc) is 3.04. The molecule has 1 aliphatic carbocycles. The molecule has 1 fully saturated rings. The molecule has 4 rings (SSSR count). The maximum Gasteiger partial charge on any atom is 0.337 e. The third-order valence-electron chi connectivity index (χ3n) is 6.00. The molecule has 5 atom stereocenters. The fourth-order valence-corrected chi connectivity index (χ4v) is 6.59. The normalized spacial score (nSPS) is 26.5. The number of aromatic carboxylic acids is 1. The summed E-state index contributed by atoms with van der Waals surface area (Å²) in [5, 5.41) is 35.0. The number of carboxylic acid groups (broad SMARTS) is 1. The van der Waals surface area contributed by atoms with E-state index in [2.05, 4.69) is 5.32 Å². The van der Waals surface area contributed by atoms with Crippen LogP contribution in [-0.4, -0.2) is 37.6 Å². The fraction of sp³-hybridized carbons (Fsp3) is 0.350. The highest BCUT2D eigenvalue weighted by Crippen LogP contribution is 2.57. The minimum absolute atomic E-state index is 0.0167.